The van der Waals surface area contributed by atoms with Crippen LogP contribution in [0.3, 0.4) is 0 Å². The number of hydrogen-bond acceptors (Lipinski definition) is 5. The molecule has 0 aromatic rings. The Morgan fingerprint density at radius 3 is 1.33 bits per heavy atom. The number of carbonyl (C=O) groups excluding carboxylic acids is 2. The molecule has 164 valence electrons. The van der Waals surface area contributed by atoms with Crippen molar-refractivity contribution in [3.05, 3.63) is 0 Å². The van der Waals surface area contributed by atoms with Gasteiger partial charge in [-0.1, -0.05) is 69.2 Å². The lowest BCUT2D eigenvalue weighted by molar-refractivity contribution is -0.148. The van der Waals surface area contributed by atoms with Gasteiger partial charge in [0.05, 0.1) is 26.2 Å². The fourth-order valence-electron chi connectivity index (χ4n) is 1.11. The van der Waals surface area contributed by atoms with Crippen molar-refractivity contribution in [3.63, 3.8) is 0 Å². The van der Waals surface area contributed by atoms with Crippen LogP contribution in [0.15, 0.2) is 0 Å². The second-order valence-electron chi connectivity index (χ2n) is 10.3. The number of esters is 2. The van der Waals surface area contributed by atoms with Gasteiger partial charge in [-0.3, -0.25) is 9.59 Å². The molecule has 0 aliphatic carbocycles. The van der Waals surface area contributed by atoms with Crippen LogP contribution in [0.5, 0.6) is 0 Å². The smallest absolute Gasteiger partial charge is 0.308 e. The molecule has 1 N–H and O–H groups in total. The average molecular weight is 391 g/mol. The molecule has 0 saturated heterocycles. The van der Waals surface area contributed by atoms with Crippen molar-refractivity contribution in [2.45, 2.75) is 95.1 Å². The van der Waals surface area contributed by atoms with Gasteiger partial charge in [0.25, 0.3) is 0 Å². The molecule has 2 atom stereocenters. The monoisotopic (exact) mass is 390 g/mol. The third-order valence-electron chi connectivity index (χ3n) is 4.41. The molecule has 2 unspecified atom stereocenters. The average Bonchev–Trinajstić information content (AvgIpc) is 2.49. The number of ether oxygens (including phenoxy) is 2. The Labute approximate surface area is 168 Å². The van der Waals surface area contributed by atoms with E-state index in [0.717, 1.165) is 6.42 Å². The molecule has 0 aliphatic rings. The van der Waals surface area contributed by atoms with Gasteiger partial charge in [-0.2, -0.15) is 0 Å². The minimum atomic E-state index is -0.201. The topological polar surface area (TPSA) is 72.8 Å². The molecule has 0 bridgehead atoms. The Bertz CT molecular complexity index is 406. The standard InChI is InChI=1S/2C8H16O2.C6H14O/c1-8(2,3)6-5-7(9)10-4;1-6(7(9)10-5)8(2,3)4;1-5(7)6(2,3)4/h5-6H2,1-4H3;6H,1-5H3;5,7H,1-4H3. The first-order chi connectivity index (χ1) is 11.8. The van der Waals surface area contributed by atoms with Gasteiger partial charge in [-0.15, -0.1) is 0 Å². The Balaban J connectivity index is -0.000000326. The Kier molecular flexibility index (Phi) is 14.9. The summed E-state index contributed by atoms with van der Waals surface area (Å²) in [4.78, 5) is 21.6. The van der Waals surface area contributed by atoms with Crippen molar-refractivity contribution in [2.24, 2.45) is 22.2 Å². The lowest BCUT2D eigenvalue weighted by Gasteiger charge is -2.24. The number of aliphatic hydroxyl groups excluding tert-OH is 1. The molecule has 5 nitrogen and oxygen atoms in total. The highest BCUT2D eigenvalue weighted by atomic mass is 16.5. The van der Waals surface area contributed by atoms with Gasteiger partial charge >= 0.3 is 11.9 Å². The summed E-state index contributed by atoms with van der Waals surface area (Å²) >= 11 is 0. The second kappa shape index (κ2) is 13.1. The Hall–Kier alpha value is -1.10. The van der Waals surface area contributed by atoms with Gasteiger partial charge in [0, 0.05) is 6.42 Å². The lowest BCUT2D eigenvalue weighted by atomic mass is 9.82. The van der Waals surface area contributed by atoms with Gasteiger partial charge in [0.1, 0.15) is 0 Å². The Morgan fingerprint density at radius 2 is 1.19 bits per heavy atom. The van der Waals surface area contributed by atoms with E-state index in [1.54, 1.807) is 6.92 Å². The molecular formula is C22H46O5. The zero-order valence-electron chi connectivity index (χ0n) is 20.1. The molecule has 0 aliphatic heterocycles. The van der Waals surface area contributed by atoms with E-state index in [0.29, 0.717) is 6.42 Å². The van der Waals surface area contributed by atoms with Crippen LogP contribution in [0.2, 0.25) is 0 Å². The highest BCUT2D eigenvalue weighted by Gasteiger charge is 2.27. The van der Waals surface area contributed by atoms with Gasteiger partial charge in [-0.25, -0.2) is 0 Å². The first-order valence-electron chi connectivity index (χ1n) is 9.62. The molecule has 27 heavy (non-hydrogen) atoms. The molecule has 0 rings (SSSR count). The quantitative estimate of drug-likeness (QED) is 0.667. The second-order valence-corrected chi connectivity index (χ2v) is 10.3. The highest BCUT2D eigenvalue weighted by molar-refractivity contribution is 5.72. The van der Waals surface area contributed by atoms with E-state index in [4.69, 9.17) is 5.11 Å². The summed E-state index contributed by atoms with van der Waals surface area (Å²) in [6.07, 6.45) is 1.21. The van der Waals surface area contributed by atoms with E-state index >= 15 is 0 Å². The normalized spacial score (nSPS) is 13.9. The number of carbonyl (C=O) groups is 2. The minimum absolute atomic E-state index is 0.00704. The molecule has 0 radical (unpaired) electrons. The first-order valence-corrected chi connectivity index (χ1v) is 9.62. The predicted molar refractivity (Wildman–Crippen MR) is 112 cm³/mol. The SMILES string of the molecule is CC(O)C(C)(C)C.COC(=O)C(C)C(C)(C)C.COC(=O)CCC(C)(C)C. The summed E-state index contributed by atoms with van der Waals surface area (Å²) in [6.45, 7) is 22.1. The van der Waals surface area contributed by atoms with E-state index in [1.165, 1.54) is 14.2 Å². The molecule has 0 spiro atoms. The number of aliphatic hydroxyl groups is 1. The highest BCUT2D eigenvalue weighted by Crippen LogP contribution is 2.25. The molecule has 0 aromatic heterocycles. The van der Waals surface area contributed by atoms with Crippen LogP contribution in [-0.4, -0.2) is 37.4 Å². The van der Waals surface area contributed by atoms with Gasteiger partial charge < -0.3 is 14.6 Å². The van der Waals surface area contributed by atoms with Crippen LogP contribution in [0.25, 0.3) is 0 Å². The van der Waals surface area contributed by atoms with E-state index in [9.17, 15) is 9.59 Å². The van der Waals surface area contributed by atoms with Crippen molar-refractivity contribution in [1.29, 1.82) is 0 Å². The predicted octanol–water partition coefficient (Wildman–Crippen LogP) is 5.24. The van der Waals surface area contributed by atoms with Gasteiger partial charge in [0.15, 0.2) is 0 Å². The largest absolute Gasteiger partial charge is 0.469 e. The van der Waals surface area contributed by atoms with Gasteiger partial charge in [-0.05, 0) is 29.6 Å². The summed E-state index contributed by atoms with van der Waals surface area (Å²) in [5.74, 6) is -0.278. The van der Waals surface area contributed by atoms with Crippen molar-refractivity contribution in [1.82, 2.24) is 0 Å². The van der Waals surface area contributed by atoms with Crippen LogP contribution in [-0.2, 0) is 19.1 Å². The molecule has 0 aromatic carbocycles. The first kappa shape index (κ1) is 30.6. The summed E-state index contributed by atoms with van der Waals surface area (Å²) in [7, 11) is 2.84. The molecule has 0 amide bonds. The van der Waals surface area contributed by atoms with Crippen molar-refractivity contribution >= 4 is 11.9 Å². The van der Waals surface area contributed by atoms with Crippen LogP contribution in [0, 0.1) is 22.2 Å². The zero-order valence-corrected chi connectivity index (χ0v) is 20.1. The summed E-state index contributed by atoms with van der Waals surface area (Å²) < 4.78 is 9.11. The van der Waals surface area contributed by atoms with Crippen molar-refractivity contribution in [2.75, 3.05) is 14.2 Å². The third-order valence-corrected chi connectivity index (χ3v) is 4.41. The van der Waals surface area contributed by atoms with Crippen LogP contribution < -0.4 is 0 Å². The molecule has 5 heteroatoms. The minimum Gasteiger partial charge on any atom is -0.469 e. The van der Waals surface area contributed by atoms with Crippen LogP contribution in [0.1, 0.15) is 89.0 Å². The fourth-order valence-corrected chi connectivity index (χ4v) is 1.11. The summed E-state index contributed by atoms with van der Waals surface area (Å²) in [5.41, 5.74) is 0.293. The van der Waals surface area contributed by atoms with Crippen molar-refractivity contribution in [3.8, 4) is 0 Å². The van der Waals surface area contributed by atoms with Crippen molar-refractivity contribution < 1.29 is 24.2 Å². The summed E-state index contributed by atoms with van der Waals surface area (Å²) in [5, 5.41) is 8.89. The number of rotatable bonds is 3. The van der Waals surface area contributed by atoms with Crippen LogP contribution in [0.4, 0.5) is 0 Å². The third kappa shape index (κ3) is 21.1. The van der Waals surface area contributed by atoms with Crippen LogP contribution >= 0.6 is 0 Å². The zero-order chi connectivity index (χ0) is 22.6. The maximum Gasteiger partial charge on any atom is 0.308 e. The Morgan fingerprint density at radius 1 is 0.815 bits per heavy atom. The van der Waals surface area contributed by atoms with E-state index in [2.05, 4.69) is 30.2 Å². The number of hydrogen-bond donors (Lipinski definition) is 1. The van der Waals surface area contributed by atoms with E-state index in [-0.39, 0.29) is 40.2 Å². The maximum atomic E-state index is 10.9. The number of methoxy groups -OCH3 is 2. The molecular weight excluding hydrogens is 344 g/mol. The molecule has 0 saturated carbocycles. The van der Waals surface area contributed by atoms with E-state index < -0.39 is 0 Å². The van der Waals surface area contributed by atoms with Gasteiger partial charge in [0.2, 0.25) is 0 Å². The lowest BCUT2D eigenvalue weighted by Crippen LogP contribution is -2.26. The molecule has 0 heterocycles. The fraction of sp³-hybridized carbons (Fsp3) is 0.909. The molecule has 0 fully saturated rings. The van der Waals surface area contributed by atoms with E-state index in [1.807, 2.05) is 48.5 Å². The maximum absolute atomic E-state index is 10.9. The summed E-state index contributed by atoms with van der Waals surface area (Å²) in [6, 6.07) is 0.